The van der Waals surface area contributed by atoms with Crippen molar-refractivity contribution in [3.63, 3.8) is 0 Å². The minimum atomic E-state index is -0.648. The Hall–Kier alpha value is -0.900. The van der Waals surface area contributed by atoms with Gasteiger partial charge in [-0.1, -0.05) is 13.3 Å². The van der Waals surface area contributed by atoms with Crippen LogP contribution in [0, 0.1) is 11.8 Å². The van der Waals surface area contributed by atoms with Gasteiger partial charge >= 0.3 is 5.97 Å². The van der Waals surface area contributed by atoms with E-state index in [0.717, 1.165) is 19.3 Å². The maximum Gasteiger partial charge on any atom is 0.316 e. The highest BCUT2D eigenvalue weighted by atomic mass is 16.5. The van der Waals surface area contributed by atoms with Crippen LogP contribution < -0.4 is 0 Å². The van der Waals surface area contributed by atoms with Gasteiger partial charge in [0, 0.05) is 7.11 Å². The number of hydrogen-bond donors (Lipinski definition) is 0. The van der Waals surface area contributed by atoms with Gasteiger partial charge in [-0.05, 0) is 32.1 Å². The second kappa shape index (κ2) is 6.74. The number of ether oxygens (including phenoxy) is 2. The lowest BCUT2D eigenvalue weighted by molar-refractivity contribution is -0.155. The number of rotatable bonds is 8. The Kier molecular flexibility index (Phi) is 5.62. The van der Waals surface area contributed by atoms with Gasteiger partial charge in [0.25, 0.3) is 0 Å². The van der Waals surface area contributed by atoms with E-state index in [1.165, 1.54) is 7.11 Å². The topological polar surface area (TPSA) is 52.6 Å². The van der Waals surface area contributed by atoms with Crippen LogP contribution >= 0.6 is 0 Å². The number of carbonyl (C=O) groups excluding carboxylic acids is 2. The van der Waals surface area contributed by atoms with E-state index in [1.807, 2.05) is 6.92 Å². The Bertz CT molecular complexity index is 271. The summed E-state index contributed by atoms with van der Waals surface area (Å²) >= 11 is 0. The van der Waals surface area contributed by atoms with E-state index in [0.29, 0.717) is 18.9 Å². The number of esters is 1. The quantitative estimate of drug-likeness (QED) is 0.482. The fourth-order valence-corrected chi connectivity index (χ4v) is 2.05. The van der Waals surface area contributed by atoms with Crippen LogP contribution in [0.4, 0.5) is 0 Å². The maximum absolute atomic E-state index is 12.2. The zero-order chi connectivity index (χ0) is 12.8. The molecule has 4 heteroatoms. The highest BCUT2D eigenvalue weighted by molar-refractivity contribution is 6.01. The number of methoxy groups -OCH3 is 1. The zero-order valence-electron chi connectivity index (χ0n) is 10.9. The monoisotopic (exact) mass is 242 g/mol. The van der Waals surface area contributed by atoms with Gasteiger partial charge in [0.2, 0.25) is 0 Å². The molecular weight excluding hydrogens is 220 g/mol. The van der Waals surface area contributed by atoms with Crippen molar-refractivity contribution in [1.29, 1.82) is 0 Å². The summed E-state index contributed by atoms with van der Waals surface area (Å²) in [4.78, 5) is 24.0. The molecule has 4 nitrogen and oxygen atoms in total. The molecule has 98 valence electrons. The normalized spacial score (nSPS) is 18.5. The molecule has 0 aromatic rings. The molecule has 0 saturated heterocycles. The third-order valence-corrected chi connectivity index (χ3v) is 3.08. The number of carbonyl (C=O) groups is 2. The van der Waals surface area contributed by atoms with Crippen molar-refractivity contribution < 1.29 is 19.1 Å². The van der Waals surface area contributed by atoms with Gasteiger partial charge in [0.05, 0.1) is 6.61 Å². The van der Waals surface area contributed by atoms with Gasteiger partial charge < -0.3 is 9.47 Å². The lowest BCUT2D eigenvalue weighted by Gasteiger charge is -2.19. The summed E-state index contributed by atoms with van der Waals surface area (Å²) in [5.74, 6) is -0.843. The van der Waals surface area contributed by atoms with Gasteiger partial charge in [0.1, 0.15) is 12.0 Å². The Morgan fingerprint density at radius 2 is 1.94 bits per heavy atom. The van der Waals surface area contributed by atoms with Gasteiger partial charge in [0.15, 0.2) is 5.78 Å². The molecule has 1 aliphatic carbocycles. The molecule has 0 N–H and O–H groups in total. The fraction of sp³-hybridized carbons (Fsp3) is 0.846. The van der Waals surface area contributed by atoms with Crippen LogP contribution in [0.25, 0.3) is 0 Å². The van der Waals surface area contributed by atoms with Crippen LogP contribution in [0.2, 0.25) is 0 Å². The van der Waals surface area contributed by atoms with Crippen LogP contribution in [0.5, 0.6) is 0 Å². The van der Waals surface area contributed by atoms with E-state index in [2.05, 4.69) is 0 Å². The smallest absolute Gasteiger partial charge is 0.316 e. The van der Waals surface area contributed by atoms with Crippen molar-refractivity contribution >= 4 is 11.8 Å². The van der Waals surface area contributed by atoms with Crippen molar-refractivity contribution in [1.82, 2.24) is 0 Å². The van der Waals surface area contributed by atoms with Gasteiger partial charge in [-0.2, -0.15) is 0 Å². The molecule has 1 rings (SSSR count). The molecule has 0 radical (unpaired) electrons. The van der Waals surface area contributed by atoms with Crippen molar-refractivity contribution in [2.75, 3.05) is 13.7 Å². The standard InChI is InChI=1S/C13H22O4/c1-4-6-10(13(15)17-5-2)11(14)12(16-3)9-7-8-9/h9-10,12H,4-8H2,1-3H3. The number of hydrogen-bond acceptors (Lipinski definition) is 4. The minimum absolute atomic E-state index is 0.102. The lowest BCUT2D eigenvalue weighted by atomic mass is 9.93. The molecule has 0 aliphatic heterocycles. The fourth-order valence-electron chi connectivity index (χ4n) is 2.05. The largest absolute Gasteiger partial charge is 0.465 e. The SMILES string of the molecule is CCCC(C(=O)OCC)C(=O)C(OC)C1CC1. The Morgan fingerprint density at radius 3 is 2.35 bits per heavy atom. The van der Waals surface area contributed by atoms with E-state index in [9.17, 15) is 9.59 Å². The summed E-state index contributed by atoms with van der Waals surface area (Å²) in [6.07, 6.45) is 2.95. The molecule has 0 bridgehead atoms. The first-order valence-electron chi connectivity index (χ1n) is 6.38. The average molecular weight is 242 g/mol. The molecule has 1 aliphatic rings. The number of Topliss-reactive ketones (excluding diaryl/α,β-unsaturated/α-hetero) is 1. The Morgan fingerprint density at radius 1 is 1.29 bits per heavy atom. The first-order valence-corrected chi connectivity index (χ1v) is 6.38. The van der Waals surface area contributed by atoms with Crippen molar-refractivity contribution in [3.05, 3.63) is 0 Å². The third-order valence-electron chi connectivity index (χ3n) is 3.08. The van der Waals surface area contributed by atoms with Crippen LogP contribution in [0.1, 0.15) is 39.5 Å². The second-order valence-electron chi connectivity index (χ2n) is 4.49. The summed E-state index contributed by atoms with van der Waals surface area (Å²) in [6, 6.07) is 0. The van der Waals surface area contributed by atoms with E-state index in [1.54, 1.807) is 6.92 Å². The molecular formula is C13H22O4. The van der Waals surface area contributed by atoms with Crippen molar-refractivity contribution in [2.45, 2.75) is 45.6 Å². The van der Waals surface area contributed by atoms with Crippen molar-refractivity contribution in [2.24, 2.45) is 11.8 Å². The third kappa shape index (κ3) is 3.80. The van der Waals surface area contributed by atoms with Crippen LogP contribution in [0.15, 0.2) is 0 Å². The first kappa shape index (κ1) is 14.2. The Balaban J connectivity index is 2.67. The lowest BCUT2D eigenvalue weighted by Crippen LogP contribution is -2.36. The molecule has 0 heterocycles. The molecule has 0 aromatic carbocycles. The van der Waals surface area contributed by atoms with Crippen LogP contribution in [-0.2, 0) is 19.1 Å². The van der Waals surface area contributed by atoms with E-state index >= 15 is 0 Å². The van der Waals surface area contributed by atoms with Gasteiger partial charge in [-0.3, -0.25) is 9.59 Å². The van der Waals surface area contributed by atoms with Crippen molar-refractivity contribution in [3.8, 4) is 0 Å². The van der Waals surface area contributed by atoms with Crippen LogP contribution in [-0.4, -0.2) is 31.6 Å². The Labute approximate surface area is 103 Å². The zero-order valence-corrected chi connectivity index (χ0v) is 10.9. The van der Waals surface area contributed by atoms with E-state index in [4.69, 9.17) is 9.47 Å². The molecule has 2 atom stereocenters. The van der Waals surface area contributed by atoms with Gasteiger partial charge in [-0.15, -0.1) is 0 Å². The minimum Gasteiger partial charge on any atom is -0.465 e. The molecule has 1 fully saturated rings. The molecule has 0 spiro atoms. The summed E-state index contributed by atoms with van der Waals surface area (Å²) in [6.45, 7) is 4.02. The summed E-state index contributed by atoms with van der Waals surface area (Å²) in [5, 5.41) is 0. The van der Waals surface area contributed by atoms with Crippen LogP contribution in [0.3, 0.4) is 0 Å². The van der Waals surface area contributed by atoms with E-state index in [-0.39, 0.29) is 5.78 Å². The second-order valence-corrected chi connectivity index (χ2v) is 4.49. The molecule has 2 unspecified atom stereocenters. The van der Waals surface area contributed by atoms with E-state index < -0.39 is 18.0 Å². The predicted octanol–water partition coefficient (Wildman–Crippen LogP) is 1.96. The summed E-state index contributed by atoms with van der Waals surface area (Å²) < 4.78 is 10.2. The maximum atomic E-state index is 12.2. The first-order chi connectivity index (χ1) is 8.15. The molecule has 0 aromatic heterocycles. The summed E-state index contributed by atoms with van der Waals surface area (Å²) in [5.41, 5.74) is 0. The average Bonchev–Trinajstić information content (AvgIpc) is 3.11. The highest BCUT2D eigenvalue weighted by Gasteiger charge is 2.41. The van der Waals surface area contributed by atoms with Gasteiger partial charge in [-0.25, -0.2) is 0 Å². The molecule has 17 heavy (non-hydrogen) atoms. The molecule has 0 amide bonds. The number of ketones is 1. The highest BCUT2D eigenvalue weighted by Crippen LogP contribution is 2.36. The predicted molar refractivity (Wildman–Crippen MR) is 63.6 cm³/mol. The summed E-state index contributed by atoms with van der Waals surface area (Å²) in [7, 11) is 1.54. The molecule has 1 saturated carbocycles.